The predicted molar refractivity (Wildman–Crippen MR) is 54.9 cm³/mol. The number of nitrogens with zero attached hydrogens (tertiary/aromatic N) is 1. The second kappa shape index (κ2) is 5.68. The standard InChI is InChI=1S/C10H7ClF5NO2/c1-19-7(18)3-6-5(11)2-4(10(14,15)16)8(17-6)9(12)13/h2,9H,3H2,1H3. The number of ether oxygens (including phenoxy) is 1. The van der Waals surface area contributed by atoms with Crippen molar-refractivity contribution in [3.8, 4) is 0 Å². The Hall–Kier alpha value is -1.44. The molecule has 3 nitrogen and oxygen atoms in total. The summed E-state index contributed by atoms with van der Waals surface area (Å²) in [6.45, 7) is 0. The second-order valence-electron chi connectivity index (χ2n) is 3.40. The molecule has 1 aromatic heterocycles. The molecule has 0 aliphatic rings. The molecule has 0 unspecified atom stereocenters. The third kappa shape index (κ3) is 3.76. The smallest absolute Gasteiger partial charge is 0.418 e. The molecular formula is C10H7ClF5NO2. The fourth-order valence-corrected chi connectivity index (χ4v) is 1.49. The van der Waals surface area contributed by atoms with Crippen LogP contribution in [-0.2, 0) is 22.1 Å². The van der Waals surface area contributed by atoms with E-state index in [1.807, 2.05) is 0 Å². The van der Waals surface area contributed by atoms with Crippen molar-refractivity contribution in [3.05, 3.63) is 28.0 Å². The van der Waals surface area contributed by atoms with Crippen LogP contribution < -0.4 is 0 Å². The van der Waals surface area contributed by atoms with Gasteiger partial charge in [-0.15, -0.1) is 0 Å². The maximum atomic E-state index is 12.6. The highest BCUT2D eigenvalue weighted by Crippen LogP contribution is 2.37. The van der Waals surface area contributed by atoms with Gasteiger partial charge in [-0.1, -0.05) is 11.6 Å². The zero-order valence-corrected chi connectivity index (χ0v) is 10.1. The largest absolute Gasteiger partial charge is 0.469 e. The van der Waals surface area contributed by atoms with Gasteiger partial charge in [0.05, 0.1) is 29.8 Å². The Morgan fingerprint density at radius 1 is 1.47 bits per heavy atom. The molecule has 0 aliphatic heterocycles. The number of carbonyl (C=O) groups is 1. The summed E-state index contributed by atoms with van der Waals surface area (Å²) >= 11 is 5.50. The second-order valence-corrected chi connectivity index (χ2v) is 3.81. The van der Waals surface area contributed by atoms with E-state index >= 15 is 0 Å². The number of alkyl halides is 5. The molecule has 0 aromatic carbocycles. The van der Waals surface area contributed by atoms with Crippen molar-refractivity contribution in [1.29, 1.82) is 0 Å². The molecule has 0 saturated carbocycles. The molecule has 1 aromatic rings. The van der Waals surface area contributed by atoms with Crippen LogP contribution in [0.3, 0.4) is 0 Å². The van der Waals surface area contributed by atoms with Gasteiger partial charge < -0.3 is 4.74 Å². The summed E-state index contributed by atoms with van der Waals surface area (Å²) in [6, 6.07) is 0.328. The molecule has 19 heavy (non-hydrogen) atoms. The summed E-state index contributed by atoms with van der Waals surface area (Å²) in [4.78, 5) is 14.1. The summed E-state index contributed by atoms with van der Waals surface area (Å²) in [5, 5.41) is -0.526. The summed E-state index contributed by atoms with van der Waals surface area (Å²) < 4.78 is 67.0. The molecule has 106 valence electrons. The minimum absolute atomic E-state index is 0.328. The number of pyridine rings is 1. The number of carbonyl (C=O) groups excluding carboxylic acids is 1. The van der Waals surface area contributed by atoms with Crippen LogP contribution in [0.5, 0.6) is 0 Å². The molecule has 0 amide bonds. The van der Waals surface area contributed by atoms with Crippen LogP contribution in [0.2, 0.25) is 5.02 Å². The first-order valence-corrected chi connectivity index (χ1v) is 5.16. The van der Waals surface area contributed by atoms with Gasteiger partial charge in [-0.25, -0.2) is 13.8 Å². The Labute approximate surface area is 109 Å². The predicted octanol–water partition coefficient (Wildman–Crippen LogP) is 3.41. The van der Waals surface area contributed by atoms with Gasteiger partial charge in [-0.3, -0.25) is 4.79 Å². The Kier molecular flexibility index (Phi) is 4.67. The Morgan fingerprint density at radius 3 is 2.47 bits per heavy atom. The molecule has 0 atom stereocenters. The summed E-state index contributed by atoms with van der Waals surface area (Å²) in [5.41, 5.74) is -3.48. The molecule has 1 heterocycles. The van der Waals surface area contributed by atoms with E-state index in [0.717, 1.165) is 7.11 Å². The van der Waals surface area contributed by atoms with E-state index in [1.54, 1.807) is 0 Å². The number of rotatable bonds is 3. The lowest BCUT2D eigenvalue weighted by Crippen LogP contribution is -2.15. The van der Waals surface area contributed by atoms with Crippen LogP contribution >= 0.6 is 11.6 Å². The van der Waals surface area contributed by atoms with E-state index in [9.17, 15) is 26.7 Å². The van der Waals surface area contributed by atoms with Gasteiger partial charge in [0, 0.05) is 0 Å². The van der Waals surface area contributed by atoms with Gasteiger partial charge >= 0.3 is 12.1 Å². The molecule has 0 spiro atoms. The summed E-state index contributed by atoms with van der Waals surface area (Å²) in [5.74, 6) is -0.852. The molecular weight excluding hydrogens is 297 g/mol. The van der Waals surface area contributed by atoms with Crippen molar-refractivity contribution in [1.82, 2.24) is 4.98 Å². The molecule has 1 rings (SSSR count). The average molecular weight is 304 g/mol. The monoisotopic (exact) mass is 303 g/mol. The minimum atomic E-state index is -5.01. The molecule has 0 fully saturated rings. The lowest BCUT2D eigenvalue weighted by Gasteiger charge is -2.14. The molecule has 0 saturated heterocycles. The first-order valence-electron chi connectivity index (χ1n) is 4.78. The first kappa shape index (κ1) is 15.6. The van der Waals surface area contributed by atoms with Gasteiger partial charge in [0.25, 0.3) is 6.43 Å². The van der Waals surface area contributed by atoms with Crippen molar-refractivity contribution in [2.45, 2.75) is 19.0 Å². The Balaban J connectivity index is 3.33. The molecule has 0 aliphatic carbocycles. The van der Waals surface area contributed by atoms with Crippen LogP contribution in [0, 0.1) is 0 Å². The maximum absolute atomic E-state index is 12.6. The number of esters is 1. The van der Waals surface area contributed by atoms with Gasteiger partial charge in [-0.2, -0.15) is 13.2 Å². The number of hydrogen-bond donors (Lipinski definition) is 0. The third-order valence-corrected chi connectivity index (χ3v) is 2.46. The Bertz CT molecular complexity index is 490. The highest BCUT2D eigenvalue weighted by Gasteiger charge is 2.37. The highest BCUT2D eigenvalue weighted by molar-refractivity contribution is 6.31. The summed E-state index contributed by atoms with van der Waals surface area (Å²) in [6.07, 6.45) is -9.04. The Morgan fingerprint density at radius 2 is 2.05 bits per heavy atom. The van der Waals surface area contributed by atoms with Crippen molar-refractivity contribution in [2.24, 2.45) is 0 Å². The lowest BCUT2D eigenvalue weighted by molar-refractivity contribution is -0.140. The minimum Gasteiger partial charge on any atom is -0.469 e. The van der Waals surface area contributed by atoms with Gasteiger partial charge in [0.15, 0.2) is 0 Å². The van der Waals surface area contributed by atoms with Crippen molar-refractivity contribution in [2.75, 3.05) is 7.11 Å². The molecule has 0 radical (unpaired) electrons. The fourth-order valence-electron chi connectivity index (χ4n) is 1.27. The SMILES string of the molecule is COC(=O)Cc1nc(C(F)F)c(C(F)(F)F)cc1Cl. The van der Waals surface area contributed by atoms with Crippen LogP contribution in [0.15, 0.2) is 6.07 Å². The van der Waals surface area contributed by atoms with Crippen molar-refractivity contribution in [3.63, 3.8) is 0 Å². The topological polar surface area (TPSA) is 39.2 Å². The third-order valence-electron chi connectivity index (χ3n) is 2.13. The fraction of sp³-hybridized carbons (Fsp3) is 0.400. The zero-order chi connectivity index (χ0) is 14.8. The number of halogens is 6. The van der Waals surface area contributed by atoms with E-state index in [2.05, 4.69) is 9.72 Å². The molecule has 9 heteroatoms. The van der Waals surface area contributed by atoms with E-state index in [4.69, 9.17) is 11.6 Å². The van der Waals surface area contributed by atoms with Crippen molar-refractivity contribution < 1.29 is 31.5 Å². The molecule has 0 N–H and O–H groups in total. The number of aromatic nitrogens is 1. The quantitative estimate of drug-likeness (QED) is 0.634. The lowest BCUT2D eigenvalue weighted by atomic mass is 10.1. The van der Waals surface area contributed by atoms with Gasteiger partial charge in [0.1, 0.15) is 5.69 Å². The van der Waals surface area contributed by atoms with Gasteiger partial charge in [-0.05, 0) is 6.07 Å². The van der Waals surface area contributed by atoms with E-state index in [-0.39, 0.29) is 0 Å². The summed E-state index contributed by atoms with van der Waals surface area (Å²) in [7, 11) is 1.04. The van der Waals surface area contributed by atoms with Gasteiger partial charge in [0.2, 0.25) is 0 Å². The zero-order valence-electron chi connectivity index (χ0n) is 9.39. The number of hydrogen-bond acceptors (Lipinski definition) is 3. The maximum Gasteiger partial charge on any atom is 0.418 e. The highest BCUT2D eigenvalue weighted by atomic mass is 35.5. The average Bonchev–Trinajstić information content (AvgIpc) is 2.29. The normalized spacial score (nSPS) is 11.8. The first-order chi connectivity index (χ1) is 8.66. The van der Waals surface area contributed by atoms with Crippen LogP contribution in [-0.4, -0.2) is 18.1 Å². The van der Waals surface area contributed by atoms with E-state index in [1.165, 1.54) is 0 Å². The van der Waals surface area contributed by atoms with Crippen LogP contribution in [0.1, 0.15) is 23.4 Å². The van der Waals surface area contributed by atoms with E-state index < -0.39 is 47.0 Å². The van der Waals surface area contributed by atoms with E-state index in [0.29, 0.717) is 6.07 Å². The number of methoxy groups -OCH3 is 1. The van der Waals surface area contributed by atoms with Crippen molar-refractivity contribution >= 4 is 17.6 Å². The van der Waals surface area contributed by atoms with Crippen LogP contribution in [0.25, 0.3) is 0 Å². The van der Waals surface area contributed by atoms with Crippen LogP contribution in [0.4, 0.5) is 22.0 Å². The molecule has 0 bridgehead atoms.